The van der Waals surface area contributed by atoms with E-state index in [1.165, 1.54) is 12.1 Å². The van der Waals surface area contributed by atoms with Crippen molar-refractivity contribution >= 4 is 0 Å². The number of benzene rings is 1. The lowest BCUT2D eigenvalue weighted by atomic mass is 9.84. The minimum absolute atomic E-state index is 0.135. The normalized spacial score (nSPS) is 26.7. The van der Waals surface area contributed by atoms with Crippen molar-refractivity contribution in [3.05, 3.63) is 35.6 Å². The Kier molecular flexibility index (Phi) is 4.54. The van der Waals surface area contributed by atoms with Gasteiger partial charge in [-0.1, -0.05) is 12.1 Å². The average Bonchev–Trinajstić information content (AvgIpc) is 2.51. The van der Waals surface area contributed by atoms with Crippen LogP contribution in [-0.2, 0) is 15.1 Å². The zero-order valence-corrected chi connectivity index (χ0v) is 12.1. The van der Waals surface area contributed by atoms with E-state index in [1.54, 1.807) is 12.1 Å². The first-order valence-corrected chi connectivity index (χ1v) is 7.56. The highest BCUT2D eigenvalue weighted by Gasteiger charge is 2.34. The Hall–Kier alpha value is -1.01. The predicted molar refractivity (Wildman–Crippen MR) is 76.5 cm³/mol. The van der Waals surface area contributed by atoms with Crippen molar-refractivity contribution in [3.8, 4) is 0 Å². The zero-order valence-electron chi connectivity index (χ0n) is 12.1. The van der Waals surface area contributed by atoms with Crippen LogP contribution in [0.3, 0.4) is 0 Å². The molecule has 2 fully saturated rings. The van der Waals surface area contributed by atoms with Crippen LogP contribution in [0.25, 0.3) is 0 Å². The van der Waals surface area contributed by atoms with Crippen molar-refractivity contribution in [3.63, 3.8) is 0 Å². The average molecular weight is 295 g/mol. The van der Waals surface area contributed by atoms with Gasteiger partial charge in [-0.3, -0.25) is 0 Å². The summed E-state index contributed by atoms with van der Waals surface area (Å²) in [7, 11) is 0. The van der Waals surface area contributed by atoms with E-state index in [1.807, 2.05) is 0 Å². The van der Waals surface area contributed by atoms with E-state index in [0.717, 1.165) is 25.2 Å². The number of piperidine rings is 1. The molecule has 1 atom stereocenters. The summed E-state index contributed by atoms with van der Waals surface area (Å²) in [5.41, 5.74) is -0.0329. The summed E-state index contributed by atoms with van der Waals surface area (Å²) in [6.45, 7) is 4.47. The van der Waals surface area contributed by atoms with Gasteiger partial charge < -0.3 is 19.5 Å². The van der Waals surface area contributed by atoms with Crippen molar-refractivity contribution in [1.82, 2.24) is 4.90 Å². The minimum atomic E-state index is -0.839. The van der Waals surface area contributed by atoms with Crippen LogP contribution in [0, 0.1) is 5.82 Å². The molecule has 0 amide bonds. The molecule has 0 aliphatic carbocycles. The first-order valence-electron chi connectivity index (χ1n) is 7.56. The van der Waals surface area contributed by atoms with Gasteiger partial charge >= 0.3 is 0 Å². The second-order valence-corrected chi connectivity index (χ2v) is 5.91. The Morgan fingerprint density at radius 1 is 1.19 bits per heavy atom. The van der Waals surface area contributed by atoms with Crippen LogP contribution in [0.2, 0.25) is 0 Å². The third kappa shape index (κ3) is 3.61. The Labute approximate surface area is 124 Å². The number of likely N-dealkylation sites (tertiary alicyclic amines) is 1. The molecule has 1 N–H and O–H groups in total. The summed E-state index contributed by atoms with van der Waals surface area (Å²) in [5, 5.41) is 10.8. The van der Waals surface area contributed by atoms with Crippen LogP contribution < -0.4 is 0 Å². The van der Waals surface area contributed by atoms with Gasteiger partial charge in [0.1, 0.15) is 5.82 Å². The molecule has 0 spiro atoms. The number of aliphatic hydroxyl groups is 1. The first kappa shape index (κ1) is 14.9. The summed E-state index contributed by atoms with van der Waals surface area (Å²) in [5.74, 6) is -0.269. The van der Waals surface area contributed by atoms with Gasteiger partial charge in [0.15, 0.2) is 0 Å². The summed E-state index contributed by atoms with van der Waals surface area (Å²) >= 11 is 0. The molecule has 0 bridgehead atoms. The second-order valence-electron chi connectivity index (χ2n) is 5.91. The molecule has 0 unspecified atom stereocenters. The van der Waals surface area contributed by atoms with Crippen molar-refractivity contribution in [1.29, 1.82) is 0 Å². The molecule has 116 valence electrons. The Morgan fingerprint density at radius 3 is 2.52 bits per heavy atom. The third-order valence-electron chi connectivity index (χ3n) is 4.41. The minimum Gasteiger partial charge on any atom is -0.385 e. The molecule has 1 aromatic carbocycles. The molecule has 0 saturated carbocycles. The molecule has 0 aromatic heterocycles. The molecule has 2 saturated heterocycles. The highest BCUT2D eigenvalue weighted by molar-refractivity contribution is 5.23. The van der Waals surface area contributed by atoms with Gasteiger partial charge in [0.05, 0.1) is 31.5 Å². The Bertz CT molecular complexity index is 451. The SMILES string of the molecule is OC1(c2ccc(F)cc2)CCN(C[C@@H]2COCCO2)CC1. The number of hydrogen-bond donors (Lipinski definition) is 1. The molecule has 4 nitrogen and oxygen atoms in total. The van der Waals surface area contributed by atoms with Gasteiger partial charge in [0.2, 0.25) is 0 Å². The maximum absolute atomic E-state index is 13.0. The zero-order chi connectivity index (χ0) is 14.7. The molecule has 0 radical (unpaired) electrons. The highest BCUT2D eigenvalue weighted by Crippen LogP contribution is 2.32. The summed E-state index contributed by atoms with van der Waals surface area (Å²) in [6.07, 6.45) is 1.45. The van der Waals surface area contributed by atoms with E-state index in [0.29, 0.717) is 32.7 Å². The topological polar surface area (TPSA) is 41.9 Å². The van der Waals surface area contributed by atoms with Crippen LogP contribution in [0.1, 0.15) is 18.4 Å². The van der Waals surface area contributed by atoms with E-state index >= 15 is 0 Å². The van der Waals surface area contributed by atoms with E-state index in [-0.39, 0.29) is 11.9 Å². The van der Waals surface area contributed by atoms with Crippen molar-refractivity contribution in [2.24, 2.45) is 0 Å². The Balaban J connectivity index is 1.55. The molecule has 2 aliphatic heterocycles. The lowest BCUT2D eigenvalue weighted by Gasteiger charge is -2.40. The van der Waals surface area contributed by atoms with E-state index in [4.69, 9.17) is 9.47 Å². The summed E-state index contributed by atoms with van der Waals surface area (Å²) < 4.78 is 24.1. The van der Waals surface area contributed by atoms with Crippen LogP contribution in [0.4, 0.5) is 4.39 Å². The van der Waals surface area contributed by atoms with E-state index in [9.17, 15) is 9.50 Å². The van der Waals surface area contributed by atoms with Gasteiger partial charge in [-0.05, 0) is 30.5 Å². The van der Waals surface area contributed by atoms with Crippen LogP contribution in [-0.4, -0.2) is 55.6 Å². The predicted octanol–water partition coefficient (Wildman–Crippen LogP) is 1.52. The quantitative estimate of drug-likeness (QED) is 0.918. The van der Waals surface area contributed by atoms with Crippen molar-refractivity contribution < 1.29 is 19.0 Å². The summed E-state index contributed by atoms with van der Waals surface area (Å²) in [6, 6.07) is 6.19. The van der Waals surface area contributed by atoms with Gasteiger partial charge in [0, 0.05) is 19.6 Å². The Morgan fingerprint density at radius 2 is 1.90 bits per heavy atom. The molecular formula is C16H22FNO3. The maximum Gasteiger partial charge on any atom is 0.123 e. The third-order valence-corrected chi connectivity index (χ3v) is 4.41. The number of halogens is 1. The number of hydrogen-bond acceptors (Lipinski definition) is 4. The number of rotatable bonds is 3. The van der Waals surface area contributed by atoms with Crippen LogP contribution in [0.15, 0.2) is 24.3 Å². The van der Waals surface area contributed by atoms with Crippen molar-refractivity contribution in [2.75, 3.05) is 39.5 Å². The molecule has 2 aliphatic rings. The molecule has 2 heterocycles. The molecule has 5 heteroatoms. The summed E-state index contributed by atoms with van der Waals surface area (Å²) in [4.78, 5) is 2.30. The molecule has 1 aromatic rings. The largest absolute Gasteiger partial charge is 0.385 e. The van der Waals surface area contributed by atoms with Gasteiger partial charge in [-0.2, -0.15) is 0 Å². The number of ether oxygens (including phenoxy) is 2. The van der Waals surface area contributed by atoms with Gasteiger partial charge in [-0.15, -0.1) is 0 Å². The van der Waals surface area contributed by atoms with Gasteiger partial charge in [-0.25, -0.2) is 4.39 Å². The van der Waals surface area contributed by atoms with Crippen LogP contribution >= 0.6 is 0 Å². The fraction of sp³-hybridized carbons (Fsp3) is 0.625. The van der Waals surface area contributed by atoms with E-state index in [2.05, 4.69) is 4.90 Å². The van der Waals surface area contributed by atoms with E-state index < -0.39 is 5.60 Å². The second kappa shape index (κ2) is 6.40. The monoisotopic (exact) mass is 295 g/mol. The fourth-order valence-corrected chi connectivity index (χ4v) is 3.08. The highest BCUT2D eigenvalue weighted by atomic mass is 19.1. The van der Waals surface area contributed by atoms with Crippen LogP contribution in [0.5, 0.6) is 0 Å². The maximum atomic E-state index is 13.0. The number of nitrogens with zero attached hydrogens (tertiary/aromatic N) is 1. The smallest absolute Gasteiger partial charge is 0.123 e. The lowest BCUT2D eigenvalue weighted by Crippen LogP contribution is -2.47. The standard InChI is InChI=1S/C16H22FNO3/c17-14-3-1-13(2-4-14)16(19)5-7-18(8-6-16)11-15-12-20-9-10-21-15/h1-4,15,19H,5-12H2/t15-/m1/s1. The lowest BCUT2D eigenvalue weighted by molar-refractivity contribution is -0.106. The molecule has 21 heavy (non-hydrogen) atoms. The molecular weight excluding hydrogens is 273 g/mol. The first-order chi connectivity index (χ1) is 10.2. The fourth-order valence-electron chi connectivity index (χ4n) is 3.08. The van der Waals surface area contributed by atoms with Gasteiger partial charge in [0.25, 0.3) is 0 Å². The van der Waals surface area contributed by atoms with Crippen molar-refractivity contribution in [2.45, 2.75) is 24.5 Å². The molecule has 3 rings (SSSR count).